The Morgan fingerprint density at radius 3 is 2.45 bits per heavy atom. The van der Waals surface area contributed by atoms with E-state index in [2.05, 4.69) is 41.5 Å². The number of amides is 2. The molecule has 2 heterocycles. The molecule has 1 aliphatic heterocycles. The van der Waals surface area contributed by atoms with Crippen LogP contribution in [0.5, 0.6) is 0 Å². The summed E-state index contributed by atoms with van der Waals surface area (Å²) in [6, 6.07) is 15.7. The molecule has 0 spiro atoms. The zero-order valence-electron chi connectivity index (χ0n) is 18.2. The molecule has 2 aromatic carbocycles. The van der Waals surface area contributed by atoms with Gasteiger partial charge in [0.15, 0.2) is 0 Å². The lowest BCUT2D eigenvalue weighted by Crippen LogP contribution is -2.46. The maximum absolute atomic E-state index is 12.9. The van der Waals surface area contributed by atoms with Crippen LogP contribution >= 0.6 is 0 Å². The van der Waals surface area contributed by atoms with E-state index >= 15 is 0 Å². The molecule has 6 heteroatoms. The summed E-state index contributed by atoms with van der Waals surface area (Å²) in [4.78, 5) is 27.3. The van der Waals surface area contributed by atoms with Gasteiger partial charge < -0.3 is 10.2 Å². The van der Waals surface area contributed by atoms with E-state index in [0.717, 1.165) is 35.2 Å². The number of aryl methyl sites for hydroxylation is 3. The number of benzene rings is 2. The van der Waals surface area contributed by atoms with Crippen LogP contribution in [0.4, 0.5) is 0 Å². The molecule has 1 fully saturated rings. The average Bonchev–Trinajstić information content (AvgIpc) is 3.24. The normalized spacial score (nSPS) is 14.5. The van der Waals surface area contributed by atoms with Gasteiger partial charge in [0, 0.05) is 30.3 Å². The summed E-state index contributed by atoms with van der Waals surface area (Å²) in [6.07, 6.45) is 1.48. The standard InChI is InChI=1S/C25H28N4O2/c1-16-8-9-20(18(3)14-16)22-15-23(28-27-22)25(31)29-12-10-19(11-13-29)26-24(30)21-7-5-4-6-17(21)2/h4-9,14-15,19H,10-13H2,1-3H3,(H,26,30)(H,27,28). The minimum Gasteiger partial charge on any atom is -0.349 e. The highest BCUT2D eigenvalue weighted by Crippen LogP contribution is 2.24. The van der Waals surface area contributed by atoms with E-state index in [9.17, 15) is 9.59 Å². The van der Waals surface area contributed by atoms with Crippen molar-refractivity contribution >= 4 is 11.8 Å². The molecule has 3 aromatic rings. The molecule has 4 rings (SSSR count). The van der Waals surface area contributed by atoms with E-state index in [0.29, 0.717) is 24.3 Å². The molecule has 0 unspecified atom stereocenters. The topological polar surface area (TPSA) is 78.1 Å². The molecule has 0 radical (unpaired) electrons. The highest BCUT2D eigenvalue weighted by atomic mass is 16.2. The Labute approximate surface area is 182 Å². The predicted octanol–water partition coefficient (Wildman–Crippen LogP) is 4.04. The Bertz CT molecular complexity index is 1110. The number of aromatic nitrogens is 2. The Balaban J connectivity index is 1.36. The smallest absolute Gasteiger partial charge is 0.271 e. The first kappa shape index (κ1) is 20.8. The molecule has 0 bridgehead atoms. The Morgan fingerprint density at radius 2 is 1.74 bits per heavy atom. The third kappa shape index (κ3) is 4.53. The van der Waals surface area contributed by atoms with E-state index in [-0.39, 0.29) is 17.9 Å². The van der Waals surface area contributed by atoms with Gasteiger partial charge in [0.05, 0.1) is 5.69 Å². The van der Waals surface area contributed by atoms with Gasteiger partial charge in [-0.3, -0.25) is 14.7 Å². The minimum absolute atomic E-state index is 0.0467. The van der Waals surface area contributed by atoms with E-state index in [1.165, 1.54) is 5.56 Å². The SMILES string of the molecule is Cc1ccc(-c2cc(C(=O)N3CCC(NC(=O)c4ccccc4C)CC3)[nH]n2)c(C)c1. The van der Waals surface area contributed by atoms with Crippen molar-refractivity contribution in [3.63, 3.8) is 0 Å². The van der Waals surface area contributed by atoms with Crippen LogP contribution in [0, 0.1) is 20.8 Å². The molecule has 2 amide bonds. The van der Waals surface area contributed by atoms with Crippen molar-refractivity contribution in [3.8, 4) is 11.3 Å². The van der Waals surface area contributed by atoms with Crippen molar-refractivity contribution < 1.29 is 9.59 Å². The summed E-state index contributed by atoms with van der Waals surface area (Å²) >= 11 is 0. The fourth-order valence-electron chi connectivity index (χ4n) is 4.16. The molecule has 6 nitrogen and oxygen atoms in total. The molecule has 0 aliphatic carbocycles. The third-order valence-electron chi connectivity index (χ3n) is 5.97. The molecule has 1 saturated heterocycles. The largest absolute Gasteiger partial charge is 0.349 e. The van der Waals surface area contributed by atoms with Gasteiger partial charge in [-0.05, 0) is 56.9 Å². The zero-order chi connectivity index (χ0) is 22.0. The first-order chi connectivity index (χ1) is 14.9. The van der Waals surface area contributed by atoms with Crippen molar-refractivity contribution in [2.24, 2.45) is 0 Å². The molecule has 0 saturated carbocycles. The van der Waals surface area contributed by atoms with Crippen molar-refractivity contribution in [1.29, 1.82) is 0 Å². The van der Waals surface area contributed by atoms with Crippen LogP contribution in [0.1, 0.15) is 50.4 Å². The van der Waals surface area contributed by atoms with Gasteiger partial charge in [0.25, 0.3) is 11.8 Å². The number of rotatable bonds is 4. The first-order valence-corrected chi connectivity index (χ1v) is 10.7. The monoisotopic (exact) mass is 416 g/mol. The fourth-order valence-corrected chi connectivity index (χ4v) is 4.16. The molecule has 2 N–H and O–H groups in total. The number of carbonyl (C=O) groups excluding carboxylic acids is 2. The molecule has 160 valence electrons. The van der Waals surface area contributed by atoms with Crippen LogP contribution in [0.25, 0.3) is 11.3 Å². The summed E-state index contributed by atoms with van der Waals surface area (Å²) in [6.45, 7) is 7.26. The van der Waals surface area contributed by atoms with Crippen LogP contribution in [-0.4, -0.2) is 46.0 Å². The van der Waals surface area contributed by atoms with Crippen LogP contribution in [-0.2, 0) is 0 Å². The van der Waals surface area contributed by atoms with Gasteiger partial charge in [-0.25, -0.2) is 0 Å². The molecule has 0 atom stereocenters. The molecular weight excluding hydrogens is 388 g/mol. The quantitative estimate of drug-likeness (QED) is 0.674. The van der Waals surface area contributed by atoms with E-state index < -0.39 is 0 Å². The van der Waals surface area contributed by atoms with Gasteiger partial charge in [0.2, 0.25) is 0 Å². The Hall–Kier alpha value is -3.41. The molecular formula is C25H28N4O2. The zero-order valence-corrected chi connectivity index (χ0v) is 18.2. The number of piperidine rings is 1. The van der Waals surface area contributed by atoms with Gasteiger partial charge >= 0.3 is 0 Å². The molecule has 1 aliphatic rings. The minimum atomic E-state index is -0.0489. The molecule has 1 aromatic heterocycles. The van der Waals surface area contributed by atoms with Crippen LogP contribution in [0.2, 0.25) is 0 Å². The second-order valence-electron chi connectivity index (χ2n) is 8.34. The van der Waals surface area contributed by atoms with Crippen LogP contribution in [0.3, 0.4) is 0 Å². The number of nitrogens with one attached hydrogen (secondary N) is 2. The fraction of sp³-hybridized carbons (Fsp3) is 0.320. The summed E-state index contributed by atoms with van der Waals surface area (Å²) in [7, 11) is 0. The lowest BCUT2D eigenvalue weighted by atomic mass is 10.0. The number of likely N-dealkylation sites (tertiary alicyclic amines) is 1. The number of nitrogens with zero attached hydrogens (tertiary/aromatic N) is 2. The summed E-state index contributed by atoms with van der Waals surface area (Å²) in [5.41, 5.74) is 6.31. The van der Waals surface area contributed by atoms with Crippen LogP contribution in [0.15, 0.2) is 48.5 Å². The average molecular weight is 417 g/mol. The van der Waals surface area contributed by atoms with Crippen LogP contribution < -0.4 is 5.32 Å². The second-order valence-corrected chi connectivity index (χ2v) is 8.34. The number of hydrogen-bond acceptors (Lipinski definition) is 3. The van der Waals surface area contributed by atoms with Crippen molar-refractivity contribution in [2.75, 3.05) is 13.1 Å². The first-order valence-electron chi connectivity index (χ1n) is 10.7. The number of carbonyl (C=O) groups is 2. The summed E-state index contributed by atoms with van der Waals surface area (Å²) in [5.74, 6) is -0.0956. The van der Waals surface area contributed by atoms with Gasteiger partial charge in [-0.15, -0.1) is 0 Å². The van der Waals surface area contributed by atoms with Gasteiger partial charge in [-0.2, -0.15) is 5.10 Å². The summed E-state index contributed by atoms with van der Waals surface area (Å²) in [5, 5.41) is 10.4. The van der Waals surface area contributed by atoms with Crippen molar-refractivity contribution in [3.05, 3.63) is 76.5 Å². The number of H-pyrrole nitrogens is 1. The van der Waals surface area contributed by atoms with Crippen molar-refractivity contribution in [1.82, 2.24) is 20.4 Å². The summed E-state index contributed by atoms with van der Waals surface area (Å²) < 4.78 is 0. The maximum atomic E-state index is 12.9. The Kier molecular flexibility index (Phi) is 5.89. The number of hydrogen-bond donors (Lipinski definition) is 2. The van der Waals surface area contributed by atoms with E-state index in [1.807, 2.05) is 48.2 Å². The van der Waals surface area contributed by atoms with E-state index in [4.69, 9.17) is 0 Å². The highest BCUT2D eigenvalue weighted by molar-refractivity contribution is 5.96. The number of aromatic amines is 1. The Morgan fingerprint density at radius 1 is 1.00 bits per heavy atom. The maximum Gasteiger partial charge on any atom is 0.271 e. The lowest BCUT2D eigenvalue weighted by Gasteiger charge is -2.32. The second kappa shape index (κ2) is 8.76. The molecule has 31 heavy (non-hydrogen) atoms. The highest BCUT2D eigenvalue weighted by Gasteiger charge is 2.26. The van der Waals surface area contributed by atoms with Gasteiger partial charge in [-0.1, -0.05) is 42.0 Å². The van der Waals surface area contributed by atoms with Crippen molar-refractivity contribution in [2.45, 2.75) is 39.7 Å². The van der Waals surface area contributed by atoms with Gasteiger partial charge in [0.1, 0.15) is 5.69 Å². The third-order valence-corrected chi connectivity index (χ3v) is 5.97. The lowest BCUT2D eigenvalue weighted by molar-refractivity contribution is 0.0692. The van der Waals surface area contributed by atoms with E-state index in [1.54, 1.807) is 0 Å². The predicted molar refractivity (Wildman–Crippen MR) is 121 cm³/mol.